The molecule has 27 heavy (non-hydrogen) atoms. The molecule has 0 amide bonds. The standard InChI is InChI=1S/C20H34N4O2.HI/c1-15-10-16(2)14-24(13-15)9-5-8-22-20(21)23-12-17-6-7-18(25-3)19(11-17)26-4;/h6-7,11,15-16H,5,8-10,12-14H2,1-4H3,(H3,21,22,23);1H. The lowest BCUT2D eigenvalue weighted by Gasteiger charge is -2.34. The fraction of sp³-hybridized carbons (Fsp3) is 0.650. The van der Waals surface area contributed by atoms with Crippen molar-refractivity contribution in [1.29, 1.82) is 0 Å². The lowest BCUT2D eigenvalue weighted by atomic mass is 9.92. The molecule has 1 saturated heterocycles. The van der Waals surface area contributed by atoms with E-state index < -0.39 is 0 Å². The number of likely N-dealkylation sites (tertiary alicyclic amines) is 1. The number of aliphatic imine (C=N–C) groups is 1. The van der Waals surface area contributed by atoms with Gasteiger partial charge in [-0.2, -0.15) is 0 Å². The van der Waals surface area contributed by atoms with E-state index >= 15 is 0 Å². The smallest absolute Gasteiger partial charge is 0.188 e. The van der Waals surface area contributed by atoms with E-state index in [-0.39, 0.29) is 24.0 Å². The second kappa shape index (κ2) is 12.3. The summed E-state index contributed by atoms with van der Waals surface area (Å²) in [5.41, 5.74) is 7.01. The van der Waals surface area contributed by atoms with Crippen LogP contribution in [0.25, 0.3) is 0 Å². The number of guanidine groups is 1. The number of halogens is 1. The van der Waals surface area contributed by atoms with Crippen LogP contribution in [0.4, 0.5) is 0 Å². The first kappa shape index (κ1) is 23.8. The van der Waals surface area contributed by atoms with Crippen LogP contribution >= 0.6 is 24.0 Å². The average Bonchev–Trinajstić information content (AvgIpc) is 2.62. The van der Waals surface area contributed by atoms with E-state index in [9.17, 15) is 0 Å². The summed E-state index contributed by atoms with van der Waals surface area (Å²) in [5.74, 6) is 3.52. The van der Waals surface area contributed by atoms with Crippen molar-refractivity contribution in [1.82, 2.24) is 10.2 Å². The highest BCUT2D eigenvalue weighted by Gasteiger charge is 2.20. The summed E-state index contributed by atoms with van der Waals surface area (Å²) in [4.78, 5) is 6.97. The average molecular weight is 490 g/mol. The van der Waals surface area contributed by atoms with E-state index in [0.29, 0.717) is 24.0 Å². The van der Waals surface area contributed by atoms with Crippen molar-refractivity contribution in [2.24, 2.45) is 22.6 Å². The molecule has 7 heteroatoms. The minimum absolute atomic E-state index is 0. The number of nitrogens with two attached hydrogens (primary N) is 1. The number of nitrogens with zero attached hydrogens (tertiary/aromatic N) is 2. The second-order valence-electron chi connectivity index (χ2n) is 7.38. The molecule has 1 aromatic carbocycles. The molecule has 1 aliphatic heterocycles. The molecular weight excluding hydrogens is 455 g/mol. The maximum Gasteiger partial charge on any atom is 0.188 e. The molecule has 1 aromatic rings. The van der Waals surface area contributed by atoms with E-state index in [1.54, 1.807) is 14.2 Å². The number of hydrogen-bond donors (Lipinski definition) is 2. The highest BCUT2D eigenvalue weighted by atomic mass is 127. The molecule has 2 atom stereocenters. The first-order chi connectivity index (χ1) is 12.5. The first-order valence-corrected chi connectivity index (χ1v) is 9.48. The summed E-state index contributed by atoms with van der Waals surface area (Å²) < 4.78 is 10.6. The minimum atomic E-state index is 0. The van der Waals surface area contributed by atoms with Crippen molar-refractivity contribution < 1.29 is 9.47 Å². The van der Waals surface area contributed by atoms with Crippen molar-refractivity contribution in [3.8, 4) is 11.5 Å². The molecule has 0 aromatic heterocycles. The number of rotatable bonds is 8. The van der Waals surface area contributed by atoms with Crippen LogP contribution in [0.1, 0.15) is 32.3 Å². The maximum absolute atomic E-state index is 5.98. The largest absolute Gasteiger partial charge is 0.493 e. The zero-order chi connectivity index (χ0) is 18.9. The number of piperidine rings is 1. The summed E-state index contributed by atoms with van der Waals surface area (Å²) in [5, 5.41) is 3.21. The summed E-state index contributed by atoms with van der Waals surface area (Å²) in [6.07, 6.45) is 2.43. The minimum Gasteiger partial charge on any atom is -0.493 e. The Kier molecular flexibility index (Phi) is 10.8. The van der Waals surface area contributed by atoms with Gasteiger partial charge in [-0.1, -0.05) is 19.9 Å². The third-order valence-corrected chi connectivity index (χ3v) is 4.78. The van der Waals surface area contributed by atoms with Gasteiger partial charge in [0.1, 0.15) is 0 Å². The predicted molar refractivity (Wildman–Crippen MR) is 122 cm³/mol. The van der Waals surface area contributed by atoms with Crippen molar-refractivity contribution in [3.63, 3.8) is 0 Å². The highest BCUT2D eigenvalue weighted by Crippen LogP contribution is 2.27. The molecule has 2 rings (SSSR count). The van der Waals surface area contributed by atoms with Crippen LogP contribution in [0.2, 0.25) is 0 Å². The Morgan fingerprint density at radius 1 is 1.19 bits per heavy atom. The van der Waals surface area contributed by atoms with Gasteiger partial charge in [-0.15, -0.1) is 24.0 Å². The Morgan fingerprint density at radius 3 is 2.48 bits per heavy atom. The van der Waals surface area contributed by atoms with Crippen LogP contribution in [0, 0.1) is 11.8 Å². The van der Waals surface area contributed by atoms with E-state index in [1.165, 1.54) is 19.5 Å². The lowest BCUT2D eigenvalue weighted by Crippen LogP contribution is -2.40. The summed E-state index contributed by atoms with van der Waals surface area (Å²) in [6, 6.07) is 5.78. The van der Waals surface area contributed by atoms with Gasteiger partial charge in [0.15, 0.2) is 17.5 Å². The normalized spacial score (nSPS) is 20.7. The third kappa shape index (κ3) is 8.13. The molecular formula is C20H35IN4O2. The fourth-order valence-electron chi connectivity index (χ4n) is 3.71. The van der Waals surface area contributed by atoms with Crippen molar-refractivity contribution in [3.05, 3.63) is 23.8 Å². The van der Waals surface area contributed by atoms with Gasteiger partial charge in [0.25, 0.3) is 0 Å². The molecule has 1 fully saturated rings. The summed E-state index contributed by atoms with van der Waals surface area (Å²) >= 11 is 0. The van der Waals surface area contributed by atoms with Gasteiger partial charge in [-0.05, 0) is 48.9 Å². The van der Waals surface area contributed by atoms with Gasteiger partial charge in [0.2, 0.25) is 0 Å². The van der Waals surface area contributed by atoms with Crippen LogP contribution in [-0.2, 0) is 6.54 Å². The number of methoxy groups -OCH3 is 2. The van der Waals surface area contributed by atoms with E-state index in [0.717, 1.165) is 36.9 Å². The Morgan fingerprint density at radius 2 is 1.85 bits per heavy atom. The van der Waals surface area contributed by atoms with Gasteiger partial charge in [-0.25, -0.2) is 4.99 Å². The summed E-state index contributed by atoms with van der Waals surface area (Å²) in [7, 11) is 3.26. The Hall–Kier alpha value is -1.22. The zero-order valence-electron chi connectivity index (χ0n) is 17.0. The van der Waals surface area contributed by atoms with Crippen LogP contribution < -0.4 is 20.5 Å². The molecule has 0 saturated carbocycles. The first-order valence-electron chi connectivity index (χ1n) is 9.48. The monoisotopic (exact) mass is 490 g/mol. The van der Waals surface area contributed by atoms with Crippen LogP contribution in [0.3, 0.4) is 0 Å². The van der Waals surface area contributed by atoms with Gasteiger partial charge in [0.05, 0.1) is 20.8 Å². The SMILES string of the molecule is COc1ccc(CN=C(N)NCCCN2CC(C)CC(C)C2)cc1OC.I. The number of benzene rings is 1. The van der Waals surface area contributed by atoms with Gasteiger partial charge < -0.3 is 25.4 Å². The topological polar surface area (TPSA) is 72.1 Å². The zero-order valence-corrected chi connectivity index (χ0v) is 19.4. The molecule has 0 bridgehead atoms. The van der Waals surface area contributed by atoms with Crippen molar-refractivity contribution in [2.75, 3.05) is 40.4 Å². The maximum atomic E-state index is 5.98. The van der Waals surface area contributed by atoms with E-state index in [4.69, 9.17) is 15.2 Å². The molecule has 0 aliphatic carbocycles. The Bertz CT molecular complexity index is 587. The lowest BCUT2D eigenvalue weighted by molar-refractivity contribution is 0.140. The molecule has 0 radical (unpaired) electrons. The van der Waals surface area contributed by atoms with Crippen LogP contribution in [0.15, 0.2) is 23.2 Å². The van der Waals surface area contributed by atoms with Gasteiger partial charge in [0, 0.05) is 19.6 Å². The Balaban J connectivity index is 0.00000364. The molecule has 1 aliphatic rings. The van der Waals surface area contributed by atoms with Gasteiger partial charge in [-0.3, -0.25) is 0 Å². The molecule has 1 heterocycles. The van der Waals surface area contributed by atoms with Crippen molar-refractivity contribution >= 4 is 29.9 Å². The number of ether oxygens (including phenoxy) is 2. The number of nitrogens with one attached hydrogen (secondary N) is 1. The van der Waals surface area contributed by atoms with Crippen LogP contribution in [0.5, 0.6) is 11.5 Å². The highest BCUT2D eigenvalue weighted by molar-refractivity contribution is 14.0. The quantitative estimate of drug-likeness (QED) is 0.254. The molecule has 6 nitrogen and oxygen atoms in total. The Labute approximate surface area is 180 Å². The summed E-state index contributed by atoms with van der Waals surface area (Å²) in [6.45, 7) is 9.60. The fourth-order valence-corrected chi connectivity index (χ4v) is 3.71. The van der Waals surface area contributed by atoms with Crippen LogP contribution in [-0.4, -0.2) is 51.3 Å². The molecule has 0 spiro atoms. The molecule has 154 valence electrons. The van der Waals surface area contributed by atoms with Crippen molar-refractivity contribution in [2.45, 2.75) is 33.2 Å². The third-order valence-electron chi connectivity index (χ3n) is 4.78. The second-order valence-corrected chi connectivity index (χ2v) is 7.38. The molecule has 2 unspecified atom stereocenters. The van der Waals surface area contributed by atoms with E-state index in [1.807, 2.05) is 18.2 Å². The predicted octanol–water partition coefficient (Wildman–Crippen LogP) is 3.09. The number of hydrogen-bond acceptors (Lipinski definition) is 4. The van der Waals surface area contributed by atoms with Gasteiger partial charge >= 0.3 is 0 Å². The van der Waals surface area contributed by atoms with E-state index in [2.05, 4.69) is 29.1 Å². The molecule has 3 N–H and O–H groups in total.